The molecule has 0 fully saturated rings. The number of fused-ring (bicyclic) bond motifs is 6. The van der Waals surface area contributed by atoms with Gasteiger partial charge in [0.25, 0.3) is 0 Å². The predicted molar refractivity (Wildman–Crippen MR) is 200 cm³/mol. The quantitative estimate of drug-likeness (QED) is 0.191. The van der Waals surface area contributed by atoms with E-state index >= 15 is 0 Å². The van der Waals surface area contributed by atoms with Gasteiger partial charge in [0.15, 0.2) is 11.6 Å². The molecule has 230 valence electrons. The van der Waals surface area contributed by atoms with E-state index in [0.717, 1.165) is 34.0 Å². The zero-order valence-electron chi connectivity index (χ0n) is 26.5. The van der Waals surface area contributed by atoms with Crippen LogP contribution < -0.4 is 0 Å². The van der Waals surface area contributed by atoms with Crippen LogP contribution in [0.3, 0.4) is 0 Å². The van der Waals surface area contributed by atoms with Crippen molar-refractivity contribution in [1.82, 2.24) is 24.1 Å². The van der Waals surface area contributed by atoms with E-state index in [1.807, 2.05) is 36.4 Å². The Labute approximate surface area is 283 Å². The van der Waals surface area contributed by atoms with E-state index in [4.69, 9.17) is 15.0 Å². The third-order valence-corrected chi connectivity index (χ3v) is 9.64. The predicted octanol–water partition coefficient (Wildman–Crippen LogP) is 10.3. The number of allylic oxidation sites excluding steroid dienone is 1. The smallest absolute Gasteiger partial charge is 0.238 e. The van der Waals surface area contributed by atoms with Crippen molar-refractivity contribution in [2.75, 3.05) is 0 Å². The number of para-hydroxylation sites is 4. The lowest BCUT2D eigenvalue weighted by Gasteiger charge is -2.14. The van der Waals surface area contributed by atoms with Gasteiger partial charge in [-0.25, -0.2) is 4.98 Å². The molecule has 49 heavy (non-hydrogen) atoms. The van der Waals surface area contributed by atoms with Crippen LogP contribution in [0.1, 0.15) is 16.8 Å². The summed E-state index contributed by atoms with van der Waals surface area (Å²) in [7, 11) is 0. The van der Waals surface area contributed by atoms with Gasteiger partial charge >= 0.3 is 0 Å². The van der Waals surface area contributed by atoms with Crippen molar-refractivity contribution in [3.8, 4) is 34.4 Å². The molecule has 5 nitrogen and oxygen atoms in total. The van der Waals surface area contributed by atoms with E-state index in [1.165, 1.54) is 44.4 Å². The van der Waals surface area contributed by atoms with Gasteiger partial charge in [-0.15, -0.1) is 0 Å². The van der Waals surface area contributed by atoms with Crippen molar-refractivity contribution in [2.45, 2.75) is 6.42 Å². The Morgan fingerprint density at radius 2 is 1.00 bits per heavy atom. The molecule has 0 bridgehead atoms. The van der Waals surface area contributed by atoms with Crippen molar-refractivity contribution in [3.63, 3.8) is 0 Å². The first-order chi connectivity index (χ1) is 24.3. The van der Waals surface area contributed by atoms with Crippen LogP contribution in [-0.4, -0.2) is 24.1 Å². The average Bonchev–Trinajstić information content (AvgIpc) is 3.85. The third kappa shape index (κ3) is 4.36. The second kappa shape index (κ2) is 11.0. The summed E-state index contributed by atoms with van der Waals surface area (Å²) in [5.41, 5.74) is 11.5. The van der Waals surface area contributed by atoms with E-state index in [1.54, 1.807) is 0 Å². The summed E-state index contributed by atoms with van der Waals surface area (Å²) >= 11 is 0. The van der Waals surface area contributed by atoms with E-state index in [0.29, 0.717) is 17.6 Å². The van der Waals surface area contributed by atoms with Crippen LogP contribution in [0, 0.1) is 0 Å². The minimum absolute atomic E-state index is 0.599. The number of aromatic nitrogens is 5. The molecule has 0 unspecified atom stereocenters. The minimum Gasteiger partial charge on any atom is -0.313 e. The first-order valence-electron chi connectivity index (χ1n) is 16.6. The van der Waals surface area contributed by atoms with Crippen LogP contribution in [-0.2, 0) is 6.42 Å². The Balaban J connectivity index is 1.23. The van der Waals surface area contributed by atoms with Gasteiger partial charge < -0.3 is 4.57 Å². The summed E-state index contributed by atoms with van der Waals surface area (Å²) in [4.78, 5) is 15.3. The van der Waals surface area contributed by atoms with Gasteiger partial charge in [0.2, 0.25) is 5.95 Å². The second-order valence-corrected chi connectivity index (χ2v) is 12.5. The van der Waals surface area contributed by atoms with E-state index in [-0.39, 0.29) is 0 Å². The van der Waals surface area contributed by atoms with Crippen LogP contribution >= 0.6 is 0 Å². The van der Waals surface area contributed by atoms with E-state index in [9.17, 15) is 0 Å². The fourth-order valence-corrected chi connectivity index (χ4v) is 7.49. The lowest BCUT2D eigenvalue weighted by molar-refractivity contribution is 0.952. The van der Waals surface area contributed by atoms with Crippen molar-refractivity contribution in [3.05, 3.63) is 175 Å². The average molecular weight is 628 g/mol. The first-order valence-corrected chi connectivity index (χ1v) is 16.6. The Kier molecular flexibility index (Phi) is 6.18. The molecule has 0 saturated heterocycles. The molecule has 0 atom stereocenters. The number of hydrogen-bond acceptors (Lipinski definition) is 3. The van der Waals surface area contributed by atoms with Gasteiger partial charge in [0, 0.05) is 56.2 Å². The molecule has 9 aromatic rings. The fraction of sp³-hybridized carbons (Fsp3) is 0.0227. The summed E-state index contributed by atoms with van der Waals surface area (Å²) in [5, 5.41) is 3.60. The zero-order chi connectivity index (χ0) is 32.3. The third-order valence-electron chi connectivity index (χ3n) is 9.64. The molecule has 5 heteroatoms. The van der Waals surface area contributed by atoms with Crippen LogP contribution in [0.25, 0.3) is 78.8 Å². The summed E-state index contributed by atoms with van der Waals surface area (Å²) < 4.78 is 4.67. The highest BCUT2D eigenvalue weighted by molar-refractivity contribution is 6.14. The molecule has 0 aliphatic heterocycles. The number of rotatable bonds is 5. The van der Waals surface area contributed by atoms with E-state index < -0.39 is 0 Å². The molecule has 0 N–H and O–H groups in total. The fourth-order valence-electron chi connectivity index (χ4n) is 7.49. The molecule has 0 amide bonds. The Morgan fingerprint density at radius 3 is 1.67 bits per heavy atom. The van der Waals surface area contributed by atoms with Gasteiger partial charge in [-0.2, -0.15) is 9.97 Å². The van der Waals surface area contributed by atoms with E-state index in [2.05, 4.69) is 137 Å². The van der Waals surface area contributed by atoms with Crippen molar-refractivity contribution in [1.29, 1.82) is 0 Å². The SMILES string of the molecule is C1=C(c2cccc3c4ccccc4n(-c4nc(-c5ccccc5)nc(-c5ccccc5)n4)c23)Cc2c1c1ccccc1n2-c1ccccc1. The number of benzene rings is 6. The maximum absolute atomic E-state index is 5.18. The van der Waals surface area contributed by atoms with Gasteiger partial charge in [0.1, 0.15) is 0 Å². The van der Waals surface area contributed by atoms with Crippen LogP contribution in [0.4, 0.5) is 0 Å². The monoisotopic (exact) mass is 627 g/mol. The van der Waals surface area contributed by atoms with Crippen LogP contribution in [0.5, 0.6) is 0 Å². The van der Waals surface area contributed by atoms with Crippen LogP contribution in [0.2, 0.25) is 0 Å². The molecule has 3 heterocycles. The summed E-state index contributed by atoms with van der Waals surface area (Å²) in [6.45, 7) is 0. The summed E-state index contributed by atoms with van der Waals surface area (Å²) in [6, 6.07) is 55.0. The minimum atomic E-state index is 0.599. The van der Waals surface area contributed by atoms with Gasteiger partial charge in [0.05, 0.1) is 16.6 Å². The summed E-state index contributed by atoms with van der Waals surface area (Å²) in [5.74, 6) is 1.88. The zero-order valence-corrected chi connectivity index (χ0v) is 26.5. The number of nitrogens with zero attached hydrogens (tertiary/aromatic N) is 5. The van der Waals surface area contributed by atoms with Gasteiger partial charge in [-0.1, -0.05) is 133 Å². The highest BCUT2D eigenvalue weighted by Gasteiger charge is 2.27. The molecular weight excluding hydrogens is 599 g/mol. The maximum Gasteiger partial charge on any atom is 0.238 e. The Hall–Kier alpha value is -6.59. The lowest BCUT2D eigenvalue weighted by atomic mass is 10.0. The van der Waals surface area contributed by atoms with Gasteiger partial charge in [-0.05, 0) is 35.9 Å². The van der Waals surface area contributed by atoms with Crippen molar-refractivity contribution >= 4 is 44.4 Å². The molecule has 10 rings (SSSR count). The lowest BCUT2D eigenvalue weighted by Crippen LogP contribution is -2.07. The maximum atomic E-state index is 5.18. The van der Waals surface area contributed by atoms with Crippen molar-refractivity contribution in [2.24, 2.45) is 0 Å². The first kappa shape index (κ1) is 27.5. The molecule has 1 aliphatic carbocycles. The van der Waals surface area contributed by atoms with Gasteiger partial charge in [-0.3, -0.25) is 4.57 Å². The highest BCUT2D eigenvalue weighted by atomic mass is 15.2. The number of hydrogen-bond donors (Lipinski definition) is 0. The largest absolute Gasteiger partial charge is 0.313 e. The van der Waals surface area contributed by atoms with Crippen LogP contribution in [0.15, 0.2) is 158 Å². The molecular formula is C44H29N5. The Morgan fingerprint density at radius 1 is 0.449 bits per heavy atom. The topological polar surface area (TPSA) is 48.5 Å². The molecule has 0 spiro atoms. The second-order valence-electron chi connectivity index (χ2n) is 12.5. The molecule has 1 aliphatic rings. The molecule has 0 radical (unpaired) electrons. The Bertz CT molecular complexity index is 2660. The van der Waals surface area contributed by atoms with Crippen molar-refractivity contribution < 1.29 is 0 Å². The summed E-state index contributed by atoms with van der Waals surface area (Å²) in [6.07, 6.45) is 3.20. The highest BCUT2D eigenvalue weighted by Crippen LogP contribution is 2.43. The molecule has 0 saturated carbocycles. The molecule has 3 aromatic heterocycles. The molecule has 6 aromatic carbocycles. The standard InChI is InChI=1S/C44H29N5/c1-4-15-29(16-5-1)42-45-43(30-17-6-2-7-18-30)47-44(46-42)49-39-26-13-10-21-34(39)36-24-14-23-33(41(36)49)31-27-37-35-22-11-12-25-38(35)48(40(37)28-31)32-19-8-3-9-20-32/h1-27H,28H2. The normalized spacial score (nSPS) is 12.5.